The lowest BCUT2D eigenvalue weighted by Crippen LogP contribution is -2.33. The van der Waals surface area contributed by atoms with E-state index < -0.39 is 11.9 Å². The molecule has 1 heterocycles. The lowest BCUT2D eigenvalue weighted by Gasteiger charge is -2.21. The number of hydrogen-bond donors (Lipinski definition) is 4. The number of halogens is 1. The number of rotatable bonds is 9. The molecule has 0 aliphatic rings. The number of ether oxygens (including phenoxy) is 1. The van der Waals surface area contributed by atoms with E-state index in [2.05, 4.69) is 20.9 Å². The third kappa shape index (κ3) is 6.32. The second-order valence-electron chi connectivity index (χ2n) is 8.43. The van der Waals surface area contributed by atoms with E-state index in [-0.39, 0.29) is 30.7 Å². The highest BCUT2D eigenvalue weighted by Crippen LogP contribution is 2.28. The Morgan fingerprint density at radius 1 is 1.05 bits per heavy atom. The van der Waals surface area contributed by atoms with Gasteiger partial charge in [0.05, 0.1) is 6.61 Å². The number of aromatic nitrogens is 1. The zero-order valence-electron chi connectivity index (χ0n) is 20.5. The summed E-state index contributed by atoms with van der Waals surface area (Å²) in [7, 11) is 0. The van der Waals surface area contributed by atoms with Gasteiger partial charge in [-0.05, 0) is 72.0 Å². The van der Waals surface area contributed by atoms with Gasteiger partial charge in [0.25, 0.3) is 0 Å². The Kier molecular flexibility index (Phi) is 7.83. The fraction of sp³-hybridized carbons (Fsp3) is 0.179. The van der Waals surface area contributed by atoms with Crippen LogP contribution in [-0.4, -0.2) is 23.4 Å². The van der Waals surface area contributed by atoms with E-state index in [9.17, 15) is 14.0 Å². The molecule has 190 valence electrons. The second kappa shape index (κ2) is 11.4. The monoisotopic (exact) mass is 501 g/mol. The Morgan fingerprint density at radius 2 is 1.89 bits per heavy atom. The molecule has 37 heavy (non-hydrogen) atoms. The molecule has 4 rings (SSSR count). The molecule has 0 bridgehead atoms. The third-order valence-electron chi connectivity index (χ3n) is 5.67. The van der Waals surface area contributed by atoms with E-state index in [1.165, 1.54) is 19.1 Å². The number of carbonyl (C=O) groups excluding carboxylic acids is 2. The number of nitrogens with zero attached hydrogens (tertiary/aromatic N) is 1. The largest absolute Gasteiger partial charge is 0.491 e. The van der Waals surface area contributed by atoms with E-state index in [0.29, 0.717) is 22.8 Å². The molecule has 9 heteroatoms. The van der Waals surface area contributed by atoms with Gasteiger partial charge in [0, 0.05) is 36.4 Å². The van der Waals surface area contributed by atoms with Crippen LogP contribution in [0.2, 0.25) is 0 Å². The molecule has 5 N–H and O–H groups in total. The second-order valence-corrected chi connectivity index (χ2v) is 8.43. The Hall–Kier alpha value is -4.66. The van der Waals surface area contributed by atoms with E-state index in [0.717, 1.165) is 16.3 Å². The molecule has 3 aromatic carbocycles. The van der Waals surface area contributed by atoms with Crippen molar-refractivity contribution in [1.82, 2.24) is 10.3 Å². The Morgan fingerprint density at radius 3 is 2.68 bits per heavy atom. The van der Waals surface area contributed by atoms with E-state index >= 15 is 0 Å². The number of benzene rings is 3. The molecule has 0 spiro atoms. The molecule has 0 saturated heterocycles. The Labute approximate surface area is 214 Å². The van der Waals surface area contributed by atoms with Gasteiger partial charge < -0.3 is 26.4 Å². The Balaban J connectivity index is 1.61. The van der Waals surface area contributed by atoms with Gasteiger partial charge in [-0.25, -0.2) is 9.37 Å². The summed E-state index contributed by atoms with van der Waals surface area (Å²) in [6, 6.07) is 18.1. The number of nitrogens with two attached hydrogens (primary N) is 1. The van der Waals surface area contributed by atoms with Crippen molar-refractivity contribution in [3.05, 3.63) is 89.9 Å². The van der Waals surface area contributed by atoms with Crippen LogP contribution in [0.25, 0.3) is 10.8 Å². The third-order valence-corrected chi connectivity index (χ3v) is 5.67. The van der Waals surface area contributed by atoms with Gasteiger partial charge in [-0.3, -0.25) is 9.59 Å². The highest BCUT2D eigenvalue weighted by Gasteiger charge is 2.22. The first-order chi connectivity index (χ1) is 17.8. The fourth-order valence-corrected chi connectivity index (χ4v) is 3.98. The molecule has 1 unspecified atom stereocenters. The number of anilines is 3. The van der Waals surface area contributed by atoms with Crippen LogP contribution < -0.4 is 26.4 Å². The van der Waals surface area contributed by atoms with Gasteiger partial charge in [-0.1, -0.05) is 18.2 Å². The average molecular weight is 502 g/mol. The number of carbonyl (C=O) groups is 2. The minimum absolute atomic E-state index is 0.0694. The van der Waals surface area contributed by atoms with Gasteiger partial charge in [-0.15, -0.1) is 0 Å². The standard InChI is InChI=1S/C28H28FN5O3/c1-3-37-25-15-20(7-10-24(25)29)26(34-22-8-9-23-19(14-22)11-12-31-27(23)30)28(36)32-16-18-5-4-6-21(13-18)33-17(2)35/h4-15,26,34H,3,16H2,1-2H3,(H2,30,31)(H,32,36)(H,33,35). The maximum atomic E-state index is 14.3. The van der Waals surface area contributed by atoms with Crippen molar-refractivity contribution in [1.29, 1.82) is 0 Å². The molecule has 0 fully saturated rings. The van der Waals surface area contributed by atoms with Crippen molar-refractivity contribution in [2.24, 2.45) is 0 Å². The summed E-state index contributed by atoms with van der Waals surface area (Å²) in [5.41, 5.74) is 8.62. The molecule has 0 radical (unpaired) electrons. The minimum atomic E-state index is -0.852. The van der Waals surface area contributed by atoms with Crippen LogP contribution in [0.5, 0.6) is 5.75 Å². The van der Waals surface area contributed by atoms with Crippen LogP contribution in [-0.2, 0) is 16.1 Å². The van der Waals surface area contributed by atoms with E-state index in [4.69, 9.17) is 10.5 Å². The van der Waals surface area contributed by atoms with Crippen LogP contribution in [0, 0.1) is 5.82 Å². The molecular weight excluding hydrogens is 473 g/mol. The van der Waals surface area contributed by atoms with Gasteiger partial charge in [0.15, 0.2) is 11.6 Å². The number of pyridine rings is 1. The number of nitrogens with one attached hydrogen (secondary N) is 3. The summed E-state index contributed by atoms with van der Waals surface area (Å²) in [5.74, 6) is -0.527. The summed E-state index contributed by atoms with van der Waals surface area (Å²) in [6.45, 7) is 3.71. The summed E-state index contributed by atoms with van der Waals surface area (Å²) >= 11 is 0. The molecule has 1 atom stereocenters. The van der Waals surface area contributed by atoms with Gasteiger partial charge in [-0.2, -0.15) is 0 Å². The van der Waals surface area contributed by atoms with Gasteiger partial charge in [0.1, 0.15) is 11.9 Å². The topological polar surface area (TPSA) is 118 Å². The molecular formula is C28H28FN5O3. The number of nitrogen functional groups attached to an aromatic ring is 1. The van der Waals surface area contributed by atoms with Crippen LogP contribution in [0.3, 0.4) is 0 Å². The average Bonchev–Trinajstić information content (AvgIpc) is 2.87. The SMILES string of the molecule is CCOc1cc(C(Nc2ccc3c(N)nccc3c2)C(=O)NCc2cccc(NC(C)=O)c2)ccc1F. The summed E-state index contributed by atoms with van der Waals surface area (Å²) in [6.07, 6.45) is 1.62. The van der Waals surface area contributed by atoms with Crippen molar-refractivity contribution in [2.75, 3.05) is 23.0 Å². The molecule has 8 nitrogen and oxygen atoms in total. The van der Waals surface area contributed by atoms with Crippen molar-refractivity contribution in [2.45, 2.75) is 26.4 Å². The summed E-state index contributed by atoms with van der Waals surface area (Å²) in [5, 5.41) is 10.6. The van der Waals surface area contributed by atoms with Gasteiger partial charge in [0.2, 0.25) is 11.8 Å². The van der Waals surface area contributed by atoms with Crippen LogP contribution in [0.1, 0.15) is 31.0 Å². The van der Waals surface area contributed by atoms with Crippen LogP contribution in [0.15, 0.2) is 72.9 Å². The normalized spacial score (nSPS) is 11.5. The zero-order valence-corrected chi connectivity index (χ0v) is 20.5. The fourth-order valence-electron chi connectivity index (χ4n) is 3.98. The maximum absolute atomic E-state index is 14.3. The predicted molar refractivity (Wildman–Crippen MR) is 143 cm³/mol. The van der Waals surface area contributed by atoms with Crippen molar-refractivity contribution >= 4 is 39.8 Å². The first-order valence-electron chi connectivity index (χ1n) is 11.8. The maximum Gasteiger partial charge on any atom is 0.247 e. The lowest BCUT2D eigenvalue weighted by molar-refractivity contribution is -0.122. The lowest BCUT2D eigenvalue weighted by atomic mass is 10.0. The quantitative estimate of drug-likeness (QED) is 0.262. The highest BCUT2D eigenvalue weighted by atomic mass is 19.1. The van der Waals surface area contributed by atoms with E-state index in [1.807, 2.05) is 30.3 Å². The summed E-state index contributed by atoms with van der Waals surface area (Å²) in [4.78, 5) is 28.9. The van der Waals surface area contributed by atoms with Crippen molar-refractivity contribution in [3.8, 4) is 5.75 Å². The van der Waals surface area contributed by atoms with Gasteiger partial charge >= 0.3 is 0 Å². The zero-order chi connectivity index (χ0) is 26.4. The molecule has 0 aliphatic carbocycles. The first-order valence-corrected chi connectivity index (χ1v) is 11.8. The van der Waals surface area contributed by atoms with E-state index in [1.54, 1.807) is 37.4 Å². The molecule has 0 aliphatic heterocycles. The number of hydrogen-bond acceptors (Lipinski definition) is 6. The summed E-state index contributed by atoms with van der Waals surface area (Å²) < 4.78 is 19.7. The first kappa shape index (κ1) is 25.4. The highest BCUT2D eigenvalue weighted by molar-refractivity contribution is 5.94. The molecule has 1 aromatic heterocycles. The smallest absolute Gasteiger partial charge is 0.247 e. The number of fused-ring (bicyclic) bond motifs is 1. The minimum Gasteiger partial charge on any atom is -0.491 e. The molecule has 2 amide bonds. The number of amides is 2. The van der Waals surface area contributed by atoms with Crippen LogP contribution >= 0.6 is 0 Å². The predicted octanol–water partition coefficient (Wildman–Crippen LogP) is 4.78. The molecule has 4 aromatic rings. The van der Waals surface area contributed by atoms with Crippen molar-refractivity contribution < 1.29 is 18.7 Å². The Bertz CT molecular complexity index is 1440. The van der Waals surface area contributed by atoms with Crippen LogP contribution in [0.4, 0.5) is 21.6 Å². The van der Waals surface area contributed by atoms with Crippen molar-refractivity contribution in [3.63, 3.8) is 0 Å². The molecule has 0 saturated carbocycles.